The van der Waals surface area contributed by atoms with Crippen LogP contribution in [0.4, 0.5) is 5.69 Å². The molecule has 0 saturated carbocycles. The SMILES string of the molecule is Cl.Nc1ccccc1C(=O)N1CCCN(C(=O)c2ccccc2)CC1. The van der Waals surface area contributed by atoms with Crippen LogP contribution >= 0.6 is 12.4 Å². The van der Waals surface area contributed by atoms with Crippen molar-refractivity contribution >= 4 is 29.9 Å². The molecule has 6 heteroatoms. The molecule has 25 heavy (non-hydrogen) atoms. The van der Waals surface area contributed by atoms with Gasteiger partial charge in [-0.15, -0.1) is 12.4 Å². The molecular weight excluding hydrogens is 338 g/mol. The summed E-state index contributed by atoms with van der Waals surface area (Å²) >= 11 is 0. The molecule has 1 aliphatic rings. The second-order valence-electron chi connectivity index (χ2n) is 5.89. The van der Waals surface area contributed by atoms with Crippen molar-refractivity contribution in [3.63, 3.8) is 0 Å². The van der Waals surface area contributed by atoms with Crippen LogP contribution < -0.4 is 5.73 Å². The number of halogens is 1. The fraction of sp³-hybridized carbons (Fsp3) is 0.263. The first-order valence-electron chi connectivity index (χ1n) is 8.15. The number of hydrogen-bond donors (Lipinski definition) is 1. The van der Waals surface area contributed by atoms with Gasteiger partial charge in [0.25, 0.3) is 11.8 Å². The molecule has 2 aromatic rings. The lowest BCUT2D eigenvalue weighted by Gasteiger charge is -2.22. The van der Waals surface area contributed by atoms with Crippen LogP contribution in [-0.2, 0) is 0 Å². The average Bonchev–Trinajstić information content (AvgIpc) is 2.88. The van der Waals surface area contributed by atoms with E-state index in [0.717, 1.165) is 6.42 Å². The van der Waals surface area contributed by atoms with Crippen molar-refractivity contribution in [2.75, 3.05) is 31.9 Å². The zero-order valence-corrected chi connectivity index (χ0v) is 14.7. The van der Waals surface area contributed by atoms with Gasteiger partial charge in [0.05, 0.1) is 5.56 Å². The number of nitrogen functional groups attached to an aromatic ring is 1. The molecule has 1 heterocycles. The maximum atomic E-state index is 12.7. The highest BCUT2D eigenvalue weighted by Crippen LogP contribution is 2.16. The first-order chi connectivity index (χ1) is 11.7. The molecule has 132 valence electrons. The van der Waals surface area contributed by atoms with E-state index in [1.54, 1.807) is 17.0 Å². The third-order valence-electron chi connectivity index (χ3n) is 4.28. The van der Waals surface area contributed by atoms with Crippen LogP contribution in [0.1, 0.15) is 27.1 Å². The van der Waals surface area contributed by atoms with Crippen molar-refractivity contribution < 1.29 is 9.59 Å². The van der Waals surface area contributed by atoms with Gasteiger partial charge in [-0.1, -0.05) is 30.3 Å². The summed E-state index contributed by atoms with van der Waals surface area (Å²) in [6, 6.07) is 16.4. The van der Waals surface area contributed by atoms with Gasteiger partial charge < -0.3 is 15.5 Å². The van der Waals surface area contributed by atoms with Crippen molar-refractivity contribution in [1.82, 2.24) is 9.80 Å². The summed E-state index contributed by atoms with van der Waals surface area (Å²) in [4.78, 5) is 28.8. The molecular formula is C19H22ClN3O2. The van der Waals surface area contributed by atoms with E-state index in [2.05, 4.69) is 0 Å². The highest BCUT2D eigenvalue weighted by atomic mass is 35.5. The number of nitrogens with two attached hydrogens (primary N) is 1. The van der Waals surface area contributed by atoms with Crippen molar-refractivity contribution in [2.24, 2.45) is 0 Å². The maximum Gasteiger partial charge on any atom is 0.256 e. The maximum absolute atomic E-state index is 12.7. The molecule has 2 amide bonds. The molecule has 2 aromatic carbocycles. The lowest BCUT2D eigenvalue weighted by atomic mass is 10.1. The van der Waals surface area contributed by atoms with Crippen LogP contribution in [0, 0.1) is 0 Å². The van der Waals surface area contributed by atoms with E-state index >= 15 is 0 Å². The van der Waals surface area contributed by atoms with Crippen LogP contribution in [0.5, 0.6) is 0 Å². The number of rotatable bonds is 2. The molecule has 1 fully saturated rings. The first-order valence-corrected chi connectivity index (χ1v) is 8.15. The molecule has 2 N–H and O–H groups in total. The van der Waals surface area contributed by atoms with Gasteiger partial charge in [0.2, 0.25) is 0 Å². The molecule has 1 saturated heterocycles. The summed E-state index contributed by atoms with van der Waals surface area (Å²) in [5.41, 5.74) is 7.61. The van der Waals surface area contributed by atoms with Gasteiger partial charge in [0, 0.05) is 37.4 Å². The molecule has 1 aliphatic heterocycles. The number of amides is 2. The Balaban J connectivity index is 0.00000225. The minimum absolute atomic E-state index is 0. The minimum atomic E-state index is -0.0675. The van der Waals surface area contributed by atoms with E-state index in [1.807, 2.05) is 47.4 Å². The monoisotopic (exact) mass is 359 g/mol. The van der Waals surface area contributed by atoms with E-state index in [4.69, 9.17) is 5.73 Å². The van der Waals surface area contributed by atoms with E-state index in [9.17, 15) is 9.59 Å². The molecule has 0 unspecified atom stereocenters. The second kappa shape index (κ2) is 8.53. The fourth-order valence-corrected chi connectivity index (χ4v) is 2.95. The Morgan fingerprint density at radius 2 is 1.32 bits per heavy atom. The van der Waals surface area contributed by atoms with Crippen molar-refractivity contribution in [1.29, 1.82) is 0 Å². The van der Waals surface area contributed by atoms with Crippen molar-refractivity contribution in [3.05, 3.63) is 65.7 Å². The molecule has 0 radical (unpaired) electrons. The Labute approximate surface area is 153 Å². The predicted molar refractivity (Wildman–Crippen MR) is 101 cm³/mol. The second-order valence-corrected chi connectivity index (χ2v) is 5.89. The Bertz CT molecular complexity index is 736. The fourth-order valence-electron chi connectivity index (χ4n) is 2.95. The molecule has 0 aliphatic carbocycles. The van der Waals surface area contributed by atoms with E-state index in [0.29, 0.717) is 43.0 Å². The number of benzene rings is 2. The van der Waals surface area contributed by atoms with Gasteiger partial charge in [0.15, 0.2) is 0 Å². The Kier molecular flexibility index (Phi) is 6.42. The minimum Gasteiger partial charge on any atom is -0.398 e. The third-order valence-corrected chi connectivity index (χ3v) is 4.28. The average molecular weight is 360 g/mol. The molecule has 0 aromatic heterocycles. The highest BCUT2D eigenvalue weighted by molar-refractivity contribution is 5.99. The molecule has 0 spiro atoms. The van der Waals surface area contributed by atoms with Crippen LogP contribution in [0.25, 0.3) is 0 Å². The summed E-state index contributed by atoms with van der Waals surface area (Å²) in [5, 5.41) is 0. The normalized spacial score (nSPS) is 14.4. The van der Waals surface area contributed by atoms with Crippen LogP contribution in [0.15, 0.2) is 54.6 Å². The lowest BCUT2D eigenvalue weighted by molar-refractivity contribution is 0.0719. The largest absolute Gasteiger partial charge is 0.398 e. The Morgan fingerprint density at radius 3 is 1.96 bits per heavy atom. The summed E-state index contributed by atoms with van der Waals surface area (Å²) in [6.45, 7) is 2.34. The van der Waals surface area contributed by atoms with Crippen molar-refractivity contribution in [2.45, 2.75) is 6.42 Å². The number of hydrogen-bond acceptors (Lipinski definition) is 3. The van der Waals surface area contributed by atoms with Gasteiger partial charge >= 0.3 is 0 Å². The van der Waals surface area contributed by atoms with E-state index in [-0.39, 0.29) is 24.2 Å². The molecule has 5 nitrogen and oxygen atoms in total. The van der Waals surface area contributed by atoms with Gasteiger partial charge in [-0.25, -0.2) is 0 Å². The van der Waals surface area contributed by atoms with Crippen LogP contribution in [0.2, 0.25) is 0 Å². The summed E-state index contributed by atoms with van der Waals surface area (Å²) in [5.74, 6) is -0.0498. The number of carbonyl (C=O) groups is 2. The Morgan fingerprint density at radius 1 is 0.760 bits per heavy atom. The number of para-hydroxylation sites is 1. The number of carbonyl (C=O) groups excluding carboxylic acids is 2. The zero-order valence-electron chi connectivity index (χ0n) is 13.9. The molecule has 0 bridgehead atoms. The summed E-state index contributed by atoms with van der Waals surface area (Å²) in [7, 11) is 0. The smallest absolute Gasteiger partial charge is 0.256 e. The molecule has 3 rings (SSSR count). The third kappa shape index (κ3) is 4.31. The van der Waals surface area contributed by atoms with E-state index < -0.39 is 0 Å². The van der Waals surface area contributed by atoms with Gasteiger partial charge in [0.1, 0.15) is 0 Å². The van der Waals surface area contributed by atoms with Gasteiger partial charge in [-0.05, 0) is 30.7 Å². The van der Waals surface area contributed by atoms with Gasteiger partial charge in [-0.3, -0.25) is 9.59 Å². The standard InChI is InChI=1S/C19H21N3O2.ClH/c20-17-10-5-4-9-16(17)19(24)22-12-6-11-21(13-14-22)18(23)15-7-2-1-3-8-15;/h1-5,7-10H,6,11-14,20H2;1H. The van der Waals surface area contributed by atoms with E-state index in [1.165, 1.54) is 0 Å². The predicted octanol–water partition coefficient (Wildman–Crippen LogP) is 2.68. The van der Waals surface area contributed by atoms with Gasteiger partial charge in [-0.2, -0.15) is 0 Å². The quantitative estimate of drug-likeness (QED) is 0.838. The number of anilines is 1. The highest BCUT2D eigenvalue weighted by Gasteiger charge is 2.24. The number of nitrogens with zero attached hydrogens (tertiary/aromatic N) is 2. The summed E-state index contributed by atoms with van der Waals surface area (Å²) in [6.07, 6.45) is 0.761. The summed E-state index contributed by atoms with van der Waals surface area (Å²) < 4.78 is 0. The molecule has 0 atom stereocenters. The lowest BCUT2D eigenvalue weighted by Crippen LogP contribution is -2.37. The van der Waals surface area contributed by atoms with Crippen molar-refractivity contribution in [3.8, 4) is 0 Å². The first kappa shape index (κ1) is 18.8. The zero-order chi connectivity index (χ0) is 16.9. The topological polar surface area (TPSA) is 66.6 Å². The van der Waals surface area contributed by atoms with Crippen LogP contribution in [0.3, 0.4) is 0 Å². The van der Waals surface area contributed by atoms with Crippen LogP contribution in [-0.4, -0.2) is 47.8 Å². The Hall–Kier alpha value is -2.53.